The number of esters is 1. The summed E-state index contributed by atoms with van der Waals surface area (Å²) in [5.41, 5.74) is 0.210. The van der Waals surface area contributed by atoms with Crippen LogP contribution >= 0.6 is 11.6 Å². The van der Waals surface area contributed by atoms with Gasteiger partial charge in [0.2, 0.25) is 0 Å². The van der Waals surface area contributed by atoms with Gasteiger partial charge in [0.25, 0.3) is 0 Å². The summed E-state index contributed by atoms with van der Waals surface area (Å²) in [4.78, 5) is 19.2. The van der Waals surface area contributed by atoms with Crippen molar-refractivity contribution in [3.8, 4) is 0 Å². The van der Waals surface area contributed by atoms with Gasteiger partial charge >= 0.3 is 5.97 Å². The summed E-state index contributed by atoms with van der Waals surface area (Å²) in [6, 6.07) is 0. The Hall–Kier alpha value is -1.62. The highest BCUT2D eigenvalue weighted by Crippen LogP contribution is 2.22. The average molecular weight is 259 g/mol. The lowest BCUT2D eigenvalue weighted by Gasteiger charge is -2.06. The Bertz CT molecular complexity index is 532. The molecule has 1 aromatic heterocycles. The summed E-state index contributed by atoms with van der Waals surface area (Å²) in [6.45, 7) is 1.06. The van der Waals surface area contributed by atoms with Crippen molar-refractivity contribution in [3.63, 3.8) is 0 Å². The van der Waals surface area contributed by atoms with Gasteiger partial charge in [0, 0.05) is 17.2 Å². The number of carbonyl (C=O) groups excluding carboxylic acids is 1. The van der Waals surface area contributed by atoms with Crippen molar-refractivity contribution in [3.05, 3.63) is 22.6 Å². The van der Waals surface area contributed by atoms with E-state index in [1.165, 1.54) is 6.08 Å². The molecule has 6 heteroatoms. The summed E-state index contributed by atoms with van der Waals surface area (Å²) in [5, 5.41) is 2.29. The summed E-state index contributed by atoms with van der Waals surface area (Å²) >= 11 is 5.95. The maximum atomic E-state index is 11.3. The van der Waals surface area contributed by atoms with Crippen LogP contribution in [0.2, 0.25) is 5.15 Å². The van der Waals surface area contributed by atoms with Crippen LogP contribution in [0.4, 0.5) is 5.82 Å². The number of ether oxygens (including phenoxy) is 1. The molecule has 0 aliphatic carbocycles. The third kappa shape index (κ3) is 3.71. The first-order chi connectivity index (χ1) is 9.23. The zero-order chi connectivity index (χ0) is 15.3. The van der Waals surface area contributed by atoms with E-state index in [1.54, 1.807) is 13.8 Å². The van der Waals surface area contributed by atoms with Crippen LogP contribution in [-0.4, -0.2) is 29.5 Å². The Morgan fingerprint density at radius 1 is 1.65 bits per heavy atom. The maximum Gasteiger partial charge on any atom is 0.330 e. The van der Waals surface area contributed by atoms with E-state index in [0.717, 1.165) is 6.08 Å². The summed E-state index contributed by atoms with van der Waals surface area (Å²) in [6.07, 6.45) is 2.45. The molecule has 0 saturated heterocycles. The van der Waals surface area contributed by atoms with Crippen molar-refractivity contribution >= 4 is 29.5 Å². The Balaban J connectivity index is 3.13. The Morgan fingerprint density at radius 2 is 2.41 bits per heavy atom. The van der Waals surface area contributed by atoms with Crippen molar-refractivity contribution in [2.45, 2.75) is 13.8 Å². The Kier molecular flexibility index (Phi) is 3.43. The molecule has 92 valence electrons. The number of nitrogens with zero attached hydrogens (tertiary/aromatic N) is 2. The standard InChI is InChI=1S/C11H14ClN3O2/c1-4-17-9(16)6-5-8-10(12)14-7(2)15-11(8)13-3/h5-6H,4H2,1-3H3,(H,13,14,15)/b6-5+/i3D3. The van der Waals surface area contributed by atoms with Crippen molar-refractivity contribution < 1.29 is 13.6 Å². The van der Waals surface area contributed by atoms with Gasteiger partial charge in [-0.3, -0.25) is 0 Å². The van der Waals surface area contributed by atoms with Crippen LogP contribution in [-0.2, 0) is 9.53 Å². The first-order valence-electron chi connectivity index (χ1n) is 6.40. The lowest BCUT2D eigenvalue weighted by Crippen LogP contribution is -2.02. The maximum absolute atomic E-state index is 11.3. The van der Waals surface area contributed by atoms with Crippen LogP contribution in [0.15, 0.2) is 6.08 Å². The lowest BCUT2D eigenvalue weighted by molar-refractivity contribution is -0.137. The molecule has 0 aliphatic rings. The molecular weight excluding hydrogens is 242 g/mol. The molecule has 17 heavy (non-hydrogen) atoms. The van der Waals surface area contributed by atoms with Crippen LogP contribution in [0.3, 0.4) is 0 Å². The van der Waals surface area contributed by atoms with Crippen LogP contribution in [0.1, 0.15) is 22.4 Å². The van der Waals surface area contributed by atoms with Gasteiger partial charge in [0.1, 0.15) is 16.8 Å². The number of aryl methyl sites for hydroxylation is 1. The minimum Gasteiger partial charge on any atom is -0.463 e. The molecule has 1 rings (SSSR count). The molecule has 0 radical (unpaired) electrons. The smallest absolute Gasteiger partial charge is 0.330 e. The van der Waals surface area contributed by atoms with Gasteiger partial charge in [-0.15, -0.1) is 0 Å². The van der Waals surface area contributed by atoms with E-state index in [4.69, 9.17) is 20.5 Å². The van der Waals surface area contributed by atoms with Gasteiger partial charge < -0.3 is 10.1 Å². The SMILES string of the molecule is [2H]C([2H])([2H])Nc1nc(C)nc(Cl)c1/C=C/C(=O)OCC. The first-order valence-corrected chi connectivity index (χ1v) is 5.28. The van der Waals surface area contributed by atoms with E-state index < -0.39 is 12.9 Å². The van der Waals surface area contributed by atoms with Gasteiger partial charge in [-0.2, -0.15) is 0 Å². The molecule has 0 fully saturated rings. The normalized spacial score (nSPS) is 13.9. The fourth-order valence-electron chi connectivity index (χ4n) is 1.13. The zero-order valence-electron chi connectivity index (χ0n) is 12.5. The molecule has 0 saturated carbocycles. The molecule has 1 heterocycles. The molecule has 5 nitrogen and oxygen atoms in total. The average Bonchev–Trinajstić information content (AvgIpc) is 2.25. The fourth-order valence-corrected chi connectivity index (χ4v) is 1.41. The number of rotatable bonds is 4. The fraction of sp³-hybridized carbons (Fsp3) is 0.364. The minimum absolute atomic E-state index is 0.0306. The number of anilines is 1. The number of nitrogens with one attached hydrogen (secondary N) is 1. The highest BCUT2D eigenvalue weighted by Gasteiger charge is 2.08. The number of hydrogen-bond donors (Lipinski definition) is 1. The van der Waals surface area contributed by atoms with E-state index in [9.17, 15) is 4.79 Å². The van der Waals surface area contributed by atoms with Crippen molar-refractivity contribution in [2.75, 3.05) is 18.9 Å². The van der Waals surface area contributed by atoms with Crippen molar-refractivity contribution in [2.24, 2.45) is 0 Å². The Labute approximate surface area is 109 Å². The monoisotopic (exact) mass is 258 g/mol. The zero-order valence-corrected chi connectivity index (χ0v) is 10.2. The number of aromatic nitrogens is 2. The molecule has 0 spiro atoms. The van der Waals surface area contributed by atoms with Crippen LogP contribution in [0.5, 0.6) is 0 Å². The van der Waals surface area contributed by atoms with E-state index in [-0.39, 0.29) is 23.1 Å². The van der Waals surface area contributed by atoms with Gasteiger partial charge in [-0.1, -0.05) is 11.6 Å². The van der Waals surface area contributed by atoms with E-state index >= 15 is 0 Å². The van der Waals surface area contributed by atoms with E-state index in [0.29, 0.717) is 5.82 Å². The summed E-state index contributed by atoms with van der Waals surface area (Å²) < 4.78 is 26.3. The van der Waals surface area contributed by atoms with Gasteiger partial charge in [-0.05, 0) is 19.9 Å². The number of carbonyl (C=O) groups is 1. The lowest BCUT2D eigenvalue weighted by atomic mass is 10.2. The highest BCUT2D eigenvalue weighted by atomic mass is 35.5. The first kappa shape index (κ1) is 9.41. The van der Waals surface area contributed by atoms with Crippen LogP contribution in [0, 0.1) is 6.92 Å². The summed E-state index contributed by atoms with van der Waals surface area (Å²) in [5.74, 6) is -0.220. The highest BCUT2D eigenvalue weighted by molar-refractivity contribution is 6.31. The van der Waals surface area contributed by atoms with Crippen LogP contribution < -0.4 is 5.32 Å². The predicted molar refractivity (Wildman–Crippen MR) is 67.0 cm³/mol. The molecule has 0 unspecified atom stereocenters. The molecule has 1 aromatic rings. The van der Waals surface area contributed by atoms with Crippen LogP contribution in [0.25, 0.3) is 6.08 Å². The topological polar surface area (TPSA) is 64.1 Å². The predicted octanol–water partition coefficient (Wildman–Crippen LogP) is 2.06. The third-order valence-electron chi connectivity index (χ3n) is 1.80. The molecule has 0 bridgehead atoms. The van der Waals surface area contributed by atoms with Gasteiger partial charge in [0.15, 0.2) is 0 Å². The second kappa shape index (κ2) is 6.20. The summed E-state index contributed by atoms with van der Waals surface area (Å²) in [7, 11) is 0. The van der Waals surface area contributed by atoms with Crippen molar-refractivity contribution in [1.82, 2.24) is 9.97 Å². The third-order valence-corrected chi connectivity index (χ3v) is 2.09. The molecule has 0 atom stereocenters. The van der Waals surface area contributed by atoms with Gasteiger partial charge in [-0.25, -0.2) is 14.8 Å². The van der Waals surface area contributed by atoms with Crippen molar-refractivity contribution in [1.29, 1.82) is 0 Å². The molecule has 0 aliphatic heterocycles. The van der Waals surface area contributed by atoms with E-state index in [2.05, 4.69) is 15.3 Å². The molecule has 0 aromatic carbocycles. The largest absolute Gasteiger partial charge is 0.463 e. The Morgan fingerprint density at radius 3 is 3.06 bits per heavy atom. The number of halogens is 1. The second-order valence-corrected chi connectivity index (χ2v) is 3.39. The number of hydrogen-bond acceptors (Lipinski definition) is 5. The van der Waals surface area contributed by atoms with E-state index in [1.807, 2.05) is 0 Å². The second-order valence-electron chi connectivity index (χ2n) is 3.03. The molecular formula is C11H14ClN3O2. The quantitative estimate of drug-likeness (QED) is 0.509. The minimum atomic E-state index is -2.43. The molecule has 0 amide bonds. The van der Waals surface area contributed by atoms with Gasteiger partial charge in [0.05, 0.1) is 12.2 Å². The molecule has 1 N–H and O–H groups in total.